The molecular weight excluding hydrogens is 362 g/mol. The highest BCUT2D eigenvalue weighted by atomic mass is 16.4. The van der Waals surface area contributed by atoms with Crippen LogP contribution in [0, 0.1) is 12.8 Å². The van der Waals surface area contributed by atoms with Crippen molar-refractivity contribution in [1.29, 1.82) is 0 Å². The summed E-state index contributed by atoms with van der Waals surface area (Å²) in [5, 5.41) is 0.915. The Morgan fingerprint density at radius 3 is 2.55 bits per heavy atom. The summed E-state index contributed by atoms with van der Waals surface area (Å²) in [4.78, 5) is 27.0. The van der Waals surface area contributed by atoms with Crippen LogP contribution in [-0.2, 0) is 11.2 Å². The summed E-state index contributed by atoms with van der Waals surface area (Å²) < 4.78 is 5.51. The van der Waals surface area contributed by atoms with E-state index in [1.54, 1.807) is 6.07 Å². The molecule has 4 nitrogen and oxygen atoms in total. The summed E-state index contributed by atoms with van der Waals surface area (Å²) in [7, 11) is 0. The van der Waals surface area contributed by atoms with Crippen molar-refractivity contribution in [3.63, 3.8) is 0 Å². The molecule has 2 heterocycles. The number of piperidine rings is 1. The lowest BCUT2D eigenvalue weighted by molar-refractivity contribution is -0.135. The van der Waals surface area contributed by atoms with Crippen molar-refractivity contribution >= 4 is 16.9 Å². The average molecular weight is 389 g/mol. The lowest BCUT2D eigenvalue weighted by Gasteiger charge is -2.29. The summed E-state index contributed by atoms with van der Waals surface area (Å²) in [5.74, 6) is 0.136. The van der Waals surface area contributed by atoms with E-state index < -0.39 is 0 Å². The van der Waals surface area contributed by atoms with Gasteiger partial charge in [0, 0.05) is 36.0 Å². The van der Waals surface area contributed by atoms with Gasteiger partial charge in [-0.25, -0.2) is 4.79 Å². The second kappa shape index (κ2) is 8.24. The summed E-state index contributed by atoms with van der Waals surface area (Å²) in [5.41, 5.74) is 4.27. The Morgan fingerprint density at radius 1 is 1.03 bits per heavy atom. The van der Waals surface area contributed by atoms with E-state index in [4.69, 9.17) is 4.42 Å². The van der Waals surface area contributed by atoms with E-state index in [0.29, 0.717) is 12.0 Å². The predicted molar refractivity (Wildman–Crippen MR) is 116 cm³/mol. The van der Waals surface area contributed by atoms with Gasteiger partial charge >= 0.3 is 5.63 Å². The lowest BCUT2D eigenvalue weighted by Crippen LogP contribution is -2.39. The quantitative estimate of drug-likeness (QED) is 0.593. The number of rotatable bonds is 4. The van der Waals surface area contributed by atoms with Crippen molar-refractivity contribution in [3.05, 3.63) is 70.1 Å². The van der Waals surface area contributed by atoms with E-state index in [9.17, 15) is 9.59 Å². The molecule has 29 heavy (non-hydrogen) atoms. The van der Waals surface area contributed by atoms with Gasteiger partial charge in [0.15, 0.2) is 0 Å². The molecule has 1 fully saturated rings. The van der Waals surface area contributed by atoms with E-state index in [1.807, 2.05) is 61.2 Å². The zero-order valence-electron chi connectivity index (χ0n) is 17.1. The average Bonchev–Trinajstić information content (AvgIpc) is 2.73. The molecule has 1 aromatic heterocycles. The van der Waals surface area contributed by atoms with E-state index in [0.717, 1.165) is 53.6 Å². The van der Waals surface area contributed by atoms with Gasteiger partial charge in [0.1, 0.15) is 5.58 Å². The van der Waals surface area contributed by atoms with Gasteiger partial charge in [-0.3, -0.25) is 4.79 Å². The molecule has 1 saturated heterocycles. The Balaban J connectivity index is 1.64. The molecule has 2 aromatic carbocycles. The maximum atomic E-state index is 12.7. The first kappa shape index (κ1) is 19.4. The van der Waals surface area contributed by atoms with Gasteiger partial charge < -0.3 is 9.32 Å². The topological polar surface area (TPSA) is 50.5 Å². The molecule has 1 aliphatic rings. The van der Waals surface area contributed by atoms with E-state index >= 15 is 0 Å². The van der Waals surface area contributed by atoms with Crippen LogP contribution in [0.4, 0.5) is 0 Å². The van der Waals surface area contributed by atoms with Gasteiger partial charge in [-0.2, -0.15) is 0 Å². The Kier molecular flexibility index (Phi) is 5.52. The molecule has 0 spiro atoms. The van der Waals surface area contributed by atoms with Crippen molar-refractivity contribution < 1.29 is 9.21 Å². The number of carbonyl (C=O) groups is 1. The van der Waals surface area contributed by atoms with Crippen LogP contribution >= 0.6 is 0 Å². The van der Waals surface area contributed by atoms with Gasteiger partial charge in [-0.1, -0.05) is 43.3 Å². The molecule has 1 unspecified atom stereocenters. The molecular formula is C25H27NO3. The smallest absolute Gasteiger partial charge is 0.336 e. The highest BCUT2D eigenvalue weighted by Crippen LogP contribution is 2.30. The zero-order valence-corrected chi connectivity index (χ0v) is 17.1. The molecule has 0 N–H and O–H groups in total. The van der Waals surface area contributed by atoms with Crippen LogP contribution < -0.4 is 5.63 Å². The van der Waals surface area contributed by atoms with E-state index in [-0.39, 0.29) is 17.5 Å². The summed E-state index contributed by atoms with van der Waals surface area (Å²) >= 11 is 0. The molecule has 1 aliphatic heterocycles. The number of aryl methyl sites for hydroxylation is 1. The van der Waals surface area contributed by atoms with Crippen LogP contribution in [0.1, 0.15) is 37.3 Å². The predicted octanol–water partition coefficient (Wildman–Crippen LogP) is 4.96. The molecule has 4 heteroatoms. The Labute approximate surface area is 171 Å². The van der Waals surface area contributed by atoms with Gasteiger partial charge in [0.05, 0.1) is 0 Å². The van der Waals surface area contributed by atoms with Gasteiger partial charge in [-0.15, -0.1) is 0 Å². The van der Waals surface area contributed by atoms with Crippen LogP contribution in [0.15, 0.2) is 57.7 Å². The minimum Gasteiger partial charge on any atom is -0.423 e. The van der Waals surface area contributed by atoms with Crippen molar-refractivity contribution in [3.8, 4) is 11.1 Å². The van der Waals surface area contributed by atoms with Crippen molar-refractivity contribution in [1.82, 2.24) is 4.90 Å². The lowest BCUT2D eigenvalue weighted by atomic mass is 9.95. The maximum absolute atomic E-state index is 12.7. The maximum Gasteiger partial charge on any atom is 0.336 e. The SMILES string of the molecule is Cc1ccccc1-c1cc(=O)oc2cc(CC(C)C(=O)N3CCCCC3)ccc12. The summed E-state index contributed by atoms with van der Waals surface area (Å²) in [6, 6.07) is 15.6. The second-order valence-corrected chi connectivity index (χ2v) is 8.12. The zero-order chi connectivity index (χ0) is 20.4. The second-order valence-electron chi connectivity index (χ2n) is 8.12. The van der Waals surface area contributed by atoms with Crippen LogP contribution in [0.25, 0.3) is 22.1 Å². The molecule has 150 valence electrons. The van der Waals surface area contributed by atoms with Crippen molar-refractivity contribution in [2.24, 2.45) is 5.92 Å². The van der Waals surface area contributed by atoms with Gasteiger partial charge in [0.25, 0.3) is 0 Å². The van der Waals surface area contributed by atoms with E-state index in [2.05, 4.69) is 0 Å². The fraction of sp³-hybridized carbons (Fsp3) is 0.360. The van der Waals surface area contributed by atoms with Gasteiger partial charge in [-0.05, 0) is 55.4 Å². The van der Waals surface area contributed by atoms with Crippen LogP contribution in [0.2, 0.25) is 0 Å². The molecule has 1 atom stereocenters. The number of likely N-dealkylation sites (tertiary alicyclic amines) is 1. The highest BCUT2D eigenvalue weighted by molar-refractivity contribution is 5.94. The standard InChI is InChI=1S/C25H27NO3/c1-17-8-4-5-9-20(17)22-16-24(27)29-23-15-19(10-11-21(22)23)14-18(2)25(28)26-12-6-3-7-13-26/h4-5,8-11,15-16,18H,3,6-7,12-14H2,1-2H3. The number of carbonyl (C=O) groups excluding carboxylic acids is 1. The van der Waals surface area contributed by atoms with Crippen molar-refractivity contribution in [2.45, 2.75) is 39.5 Å². The third kappa shape index (κ3) is 4.12. The molecule has 0 bridgehead atoms. The third-order valence-electron chi connectivity index (χ3n) is 5.88. The minimum absolute atomic E-state index is 0.0863. The van der Waals surface area contributed by atoms with E-state index in [1.165, 1.54) is 6.42 Å². The van der Waals surface area contributed by atoms with Gasteiger partial charge in [0.2, 0.25) is 5.91 Å². The number of fused-ring (bicyclic) bond motifs is 1. The number of benzene rings is 2. The fourth-order valence-corrected chi connectivity index (χ4v) is 4.30. The monoisotopic (exact) mass is 389 g/mol. The first-order valence-electron chi connectivity index (χ1n) is 10.4. The number of nitrogens with zero attached hydrogens (tertiary/aromatic N) is 1. The van der Waals surface area contributed by atoms with Crippen molar-refractivity contribution in [2.75, 3.05) is 13.1 Å². The molecule has 1 amide bonds. The minimum atomic E-state index is -0.356. The number of hydrogen-bond acceptors (Lipinski definition) is 3. The fourth-order valence-electron chi connectivity index (χ4n) is 4.30. The summed E-state index contributed by atoms with van der Waals surface area (Å²) in [6.45, 7) is 5.77. The highest BCUT2D eigenvalue weighted by Gasteiger charge is 2.22. The Bertz CT molecular complexity index is 1090. The Morgan fingerprint density at radius 2 is 1.79 bits per heavy atom. The normalized spacial score (nSPS) is 15.4. The first-order valence-corrected chi connectivity index (χ1v) is 10.4. The molecule has 0 saturated carbocycles. The number of amides is 1. The largest absolute Gasteiger partial charge is 0.423 e. The molecule has 0 radical (unpaired) electrons. The first-order chi connectivity index (χ1) is 14.0. The van der Waals surface area contributed by atoms with Crippen LogP contribution in [0.5, 0.6) is 0 Å². The molecule has 0 aliphatic carbocycles. The Hall–Kier alpha value is -2.88. The number of hydrogen-bond donors (Lipinski definition) is 0. The van der Waals surface area contributed by atoms with Crippen LogP contribution in [-0.4, -0.2) is 23.9 Å². The summed E-state index contributed by atoms with van der Waals surface area (Å²) in [6.07, 6.45) is 4.05. The molecule has 3 aromatic rings. The third-order valence-corrected chi connectivity index (χ3v) is 5.88. The van der Waals surface area contributed by atoms with Crippen LogP contribution in [0.3, 0.4) is 0 Å². The molecule has 4 rings (SSSR count).